The van der Waals surface area contributed by atoms with Gasteiger partial charge in [-0.05, 0) is 28.9 Å². The molecule has 0 aliphatic rings. The fraction of sp³-hybridized carbons (Fsp3) is 0.214. The summed E-state index contributed by atoms with van der Waals surface area (Å²) < 4.78 is 8.28. The van der Waals surface area contributed by atoms with Gasteiger partial charge < -0.3 is 10.1 Å². The fourth-order valence-corrected chi connectivity index (χ4v) is 2.66. The fourth-order valence-electron chi connectivity index (χ4n) is 2.11. The van der Waals surface area contributed by atoms with Crippen molar-refractivity contribution < 1.29 is 14.3 Å². The Morgan fingerprint density at radius 1 is 1.42 bits per heavy atom. The van der Waals surface area contributed by atoms with E-state index in [0.717, 1.165) is 0 Å². The molecule has 0 saturated heterocycles. The second-order valence-electron chi connectivity index (χ2n) is 4.76. The highest BCUT2D eigenvalue weighted by Gasteiger charge is 2.23. The van der Waals surface area contributed by atoms with Gasteiger partial charge in [-0.25, -0.2) is 14.3 Å². The Kier molecular flexibility index (Phi) is 4.30. The number of anilines is 1. The number of ether oxygens (including phenoxy) is 1. The van der Waals surface area contributed by atoms with Gasteiger partial charge in [-0.1, -0.05) is 0 Å². The van der Waals surface area contributed by atoms with Gasteiger partial charge in [-0.2, -0.15) is 10.2 Å². The number of aryl methyl sites for hydroxylation is 1. The van der Waals surface area contributed by atoms with Gasteiger partial charge in [0.05, 0.1) is 17.3 Å². The molecule has 10 heteroatoms. The highest BCUT2D eigenvalue weighted by molar-refractivity contribution is 9.10. The molecule has 0 spiro atoms. The highest BCUT2D eigenvalue weighted by atomic mass is 79.9. The number of aromatic nitrogens is 5. The Balaban J connectivity index is 1.93. The molecule has 0 saturated carbocycles. The van der Waals surface area contributed by atoms with Crippen molar-refractivity contribution in [2.75, 3.05) is 11.9 Å². The molecule has 9 nitrogen and oxygen atoms in total. The Bertz CT molecular complexity index is 932. The number of nitrogens with zero attached hydrogens (tertiary/aromatic N) is 5. The molecule has 0 atom stereocenters. The molecule has 0 aromatic carbocycles. The molecular weight excluding hydrogens is 380 g/mol. The highest BCUT2D eigenvalue weighted by Crippen LogP contribution is 2.23. The molecule has 1 amide bonds. The van der Waals surface area contributed by atoms with Crippen molar-refractivity contribution in [3.63, 3.8) is 0 Å². The number of hydrogen-bond acceptors (Lipinski definition) is 6. The van der Waals surface area contributed by atoms with Crippen LogP contribution in [0.3, 0.4) is 0 Å². The summed E-state index contributed by atoms with van der Waals surface area (Å²) in [4.78, 5) is 28.6. The summed E-state index contributed by atoms with van der Waals surface area (Å²) in [6.45, 7) is 1.93. The minimum Gasteiger partial charge on any atom is -0.462 e. The summed E-state index contributed by atoms with van der Waals surface area (Å²) in [6.07, 6.45) is 4.62. The van der Waals surface area contributed by atoms with E-state index in [0.29, 0.717) is 10.1 Å². The third-order valence-corrected chi connectivity index (χ3v) is 3.95. The third kappa shape index (κ3) is 2.75. The minimum absolute atomic E-state index is 0.143. The van der Waals surface area contributed by atoms with Gasteiger partial charge in [0.25, 0.3) is 5.91 Å². The Morgan fingerprint density at radius 2 is 2.21 bits per heavy atom. The van der Waals surface area contributed by atoms with Crippen LogP contribution in [0.4, 0.5) is 5.82 Å². The van der Waals surface area contributed by atoms with Gasteiger partial charge in [-0.3, -0.25) is 9.48 Å². The van der Waals surface area contributed by atoms with E-state index >= 15 is 0 Å². The number of fused-ring (bicyclic) bond motifs is 1. The molecule has 124 valence electrons. The zero-order valence-electron chi connectivity index (χ0n) is 12.9. The van der Waals surface area contributed by atoms with Gasteiger partial charge in [-0.15, -0.1) is 0 Å². The number of rotatable bonds is 4. The number of carbonyl (C=O) groups excluding carboxylic acids is 2. The summed E-state index contributed by atoms with van der Waals surface area (Å²) >= 11 is 3.33. The van der Waals surface area contributed by atoms with E-state index in [1.807, 2.05) is 0 Å². The van der Waals surface area contributed by atoms with Crippen LogP contribution in [0, 0.1) is 0 Å². The molecule has 3 rings (SSSR count). The van der Waals surface area contributed by atoms with Crippen LogP contribution in [-0.2, 0) is 11.8 Å². The van der Waals surface area contributed by atoms with Crippen LogP contribution in [0.15, 0.2) is 29.1 Å². The topological polar surface area (TPSA) is 103 Å². The normalized spacial score (nSPS) is 10.8. The summed E-state index contributed by atoms with van der Waals surface area (Å²) in [6, 6.07) is 1.70. The maximum absolute atomic E-state index is 12.5. The van der Waals surface area contributed by atoms with E-state index in [1.54, 1.807) is 32.4 Å². The van der Waals surface area contributed by atoms with Crippen LogP contribution in [-0.4, -0.2) is 42.9 Å². The first-order valence-corrected chi connectivity index (χ1v) is 7.81. The maximum atomic E-state index is 12.5. The van der Waals surface area contributed by atoms with E-state index < -0.39 is 11.9 Å². The molecule has 3 aromatic heterocycles. The lowest BCUT2D eigenvalue weighted by Gasteiger charge is -2.07. The lowest BCUT2D eigenvalue weighted by molar-refractivity contribution is 0.0527. The summed E-state index contributed by atoms with van der Waals surface area (Å²) in [7, 11) is 1.61. The molecule has 3 aromatic rings. The molecule has 0 radical (unpaired) electrons. The Morgan fingerprint density at radius 3 is 2.92 bits per heavy atom. The van der Waals surface area contributed by atoms with Gasteiger partial charge in [0.15, 0.2) is 11.3 Å². The van der Waals surface area contributed by atoms with Crippen LogP contribution in [0.5, 0.6) is 0 Å². The standard InChI is InChI=1S/C14H13BrN6O3/c1-3-24-14(23)8-7-17-20(2)11(8)18-13(22)10-9(15)12-16-5-4-6-21(12)19-10/h4-7H,3H2,1-2H3,(H,18,22). The molecule has 1 N–H and O–H groups in total. The minimum atomic E-state index is -0.559. The predicted molar refractivity (Wildman–Crippen MR) is 87.8 cm³/mol. The van der Waals surface area contributed by atoms with Gasteiger partial charge in [0, 0.05) is 19.4 Å². The molecule has 3 heterocycles. The molecule has 24 heavy (non-hydrogen) atoms. The van der Waals surface area contributed by atoms with E-state index in [2.05, 4.69) is 36.4 Å². The maximum Gasteiger partial charge on any atom is 0.343 e. The number of esters is 1. The summed E-state index contributed by atoms with van der Waals surface area (Å²) in [5.41, 5.74) is 0.827. The van der Waals surface area contributed by atoms with E-state index in [-0.39, 0.29) is 23.7 Å². The van der Waals surface area contributed by atoms with Crippen molar-refractivity contribution in [2.24, 2.45) is 7.05 Å². The number of hydrogen-bond donors (Lipinski definition) is 1. The monoisotopic (exact) mass is 392 g/mol. The SMILES string of the molecule is CCOC(=O)c1cnn(C)c1NC(=O)c1nn2cccnc2c1Br. The van der Waals surface area contributed by atoms with E-state index in [9.17, 15) is 9.59 Å². The first-order chi connectivity index (χ1) is 11.5. The second kappa shape index (κ2) is 6.40. The molecule has 0 fully saturated rings. The number of nitrogens with one attached hydrogen (secondary N) is 1. The average Bonchev–Trinajstić information content (AvgIpc) is 3.09. The van der Waals surface area contributed by atoms with Crippen molar-refractivity contribution in [1.82, 2.24) is 24.4 Å². The van der Waals surface area contributed by atoms with Crippen molar-refractivity contribution in [2.45, 2.75) is 6.92 Å². The quantitative estimate of drug-likeness (QED) is 0.677. The average molecular weight is 393 g/mol. The van der Waals surface area contributed by atoms with E-state index in [1.165, 1.54) is 15.4 Å². The van der Waals surface area contributed by atoms with Crippen molar-refractivity contribution in [3.05, 3.63) is 40.4 Å². The Labute approximate surface area is 144 Å². The van der Waals surface area contributed by atoms with Crippen LogP contribution in [0.1, 0.15) is 27.8 Å². The van der Waals surface area contributed by atoms with Gasteiger partial charge >= 0.3 is 5.97 Å². The van der Waals surface area contributed by atoms with Gasteiger partial charge in [0.1, 0.15) is 11.4 Å². The third-order valence-electron chi connectivity index (χ3n) is 3.22. The first kappa shape index (κ1) is 16.1. The molecule has 0 aliphatic heterocycles. The summed E-state index contributed by atoms with van der Waals surface area (Å²) in [5.74, 6) is -0.825. The lowest BCUT2D eigenvalue weighted by atomic mass is 10.3. The summed E-state index contributed by atoms with van der Waals surface area (Å²) in [5, 5.41) is 10.8. The van der Waals surface area contributed by atoms with Crippen LogP contribution in [0.2, 0.25) is 0 Å². The van der Waals surface area contributed by atoms with Crippen molar-refractivity contribution >= 4 is 39.3 Å². The zero-order valence-corrected chi connectivity index (χ0v) is 14.4. The molecule has 0 bridgehead atoms. The van der Waals surface area contributed by atoms with Crippen LogP contribution >= 0.6 is 15.9 Å². The molecule has 0 aliphatic carbocycles. The van der Waals surface area contributed by atoms with Crippen LogP contribution in [0.25, 0.3) is 5.65 Å². The first-order valence-electron chi connectivity index (χ1n) is 7.02. The van der Waals surface area contributed by atoms with Crippen LogP contribution < -0.4 is 5.32 Å². The van der Waals surface area contributed by atoms with E-state index in [4.69, 9.17) is 4.74 Å². The smallest absolute Gasteiger partial charge is 0.343 e. The second-order valence-corrected chi connectivity index (χ2v) is 5.55. The van der Waals surface area contributed by atoms with Gasteiger partial charge in [0.2, 0.25) is 0 Å². The molecular formula is C14H13BrN6O3. The zero-order chi connectivity index (χ0) is 17.3. The number of halogens is 1. The lowest BCUT2D eigenvalue weighted by Crippen LogP contribution is -2.18. The van der Waals surface area contributed by atoms with Crippen molar-refractivity contribution in [3.8, 4) is 0 Å². The Hall–Kier alpha value is -2.75. The number of amides is 1. The largest absolute Gasteiger partial charge is 0.462 e. The number of carbonyl (C=O) groups is 2. The predicted octanol–water partition coefficient (Wildman–Crippen LogP) is 1.65. The molecule has 0 unspecified atom stereocenters. The van der Waals surface area contributed by atoms with Crippen molar-refractivity contribution in [1.29, 1.82) is 0 Å².